The van der Waals surface area contributed by atoms with Gasteiger partial charge in [0.25, 0.3) is 0 Å². The average Bonchev–Trinajstić information content (AvgIpc) is 2.31. The van der Waals surface area contributed by atoms with Gasteiger partial charge in [-0.2, -0.15) is 0 Å². The molecule has 2 fully saturated rings. The lowest BCUT2D eigenvalue weighted by molar-refractivity contribution is -0.113. The summed E-state index contributed by atoms with van der Waals surface area (Å²) in [6.07, 6.45) is 8.14. The van der Waals surface area contributed by atoms with Crippen LogP contribution in [0.2, 0.25) is 0 Å². The molecule has 2 N–H and O–H groups in total. The molecule has 2 atom stereocenters. The Morgan fingerprint density at radius 1 is 1.18 bits per heavy atom. The zero-order valence-electron chi connectivity index (χ0n) is 12.0. The molecule has 0 radical (unpaired) electrons. The number of rotatable bonds is 4. The van der Waals surface area contributed by atoms with Crippen molar-refractivity contribution >= 4 is 0 Å². The normalized spacial score (nSPS) is 37.8. The number of hydrogen-bond donors (Lipinski definition) is 1. The summed E-state index contributed by atoms with van der Waals surface area (Å²) in [6.45, 7) is 10.6. The van der Waals surface area contributed by atoms with E-state index in [9.17, 15) is 0 Å². The SMILES string of the molecule is CCC1(CC)CN(C2(CN)CCCCC2C)C1. The third kappa shape index (κ3) is 2.04. The van der Waals surface area contributed by atoms with Gasteiger partial charge in [0.15, 0.2) is 0 Å². The van der Waals surface area contributed by atoms with E-state index in [2.05, 4.69) is 25.7 Å². The van der Waals surface area contributed by atoms with Crippen molar-refractivity contribution in [3.63, 3.8) is 0 Å². The van der Waals surface area contributed by atoms with Gasteiger partial charge < -0.3 is 5.73 Å². The van der Waals surface area contributed by atoms with Gasteiger partial charge in [-0.25, -0.2) is 0 Å². The van der Waals surface area contributed by atoms with Crippen LogP contribution in [-0.4, -0.2) is 30.1 Å². The Morgan fingerprint density at radius 3 is 2.29 bits per heavy atom. The molecule has 0 spiro atoms. The minimum Gasteiger partial charge on any atom is -0.329 e. The van der Waals surface area contributed by atoms with E-state index in [-0.39, 0.29) is 0 Å². The van der Waals surface area contributed by atoms with Gasteiger partial charge in [-0.1, -0.05) is 33.6 Å². The predicted octanol–water partition coefficient (Wildman–Crippen LogP) is 3.02. The molecule has 0 aromatic rings. The van der Waals surface area contributed by atoms with E-state index in [1.165, 1.54) is 51.6 Å². The second kappa shape index (κ2) is 4.89. The third-order valence-electron chi connectivity index (χ3n) is 5.95. The molecule has 100 valence electrons. The van der Waals surface area contributed by atoms with Gasteiger partial charge in [-0.15, -0.1) is 0 Å². The van der Waals surface area contributed by atoms with Gasteiger partial charge >= 0.3 is 0 Å². The summed E-state index contributed by atoms with van der Waals surface area (Å²) in [7, 11) is 0. The summed E-state index contributed by atoms with van der Waals surface area (Å²) < 4.78 is 0. The van der Waals surface area contributed by atoms with Crippen LogP contribution in [0.5, 0.6) is 0 Å². The molecule has 17 heavy (non-hydrogen) atoms. The Hall–Kier alpha value is -0.0800. The molecule has 2 aliphatic rings. The molecule has 1 aliphatic heterocycles. The van der Waals surface area contributed by atoms with Crippen LogP contribution in [0.15, 0.2) is 0 Å². The molecule has 1 aliphatic carbocycles. The molecule has 0 aromatic heterocycles. The predicted molar refractivity (Wildman–Crippen MR) is 74.0 cm³/mol. The zero-order valence-corrected chi connectivity index (χ0v) is 12.0. The monoisotopic (exact) mass is 238 g/mol. The Bertz CT molecular complexity index is 252. The number of hydrogen-bond acceptors (Lipinski definition) is 2. The highest BCUT2D eigenvalue weighted by Crippen LogP contribution is 2.47. The molecule has 1 saturated carbocycles. The Kier molecular flexibility index (Phi) is 3.84. The van der Waals surface area contributed by atoms with E-state index in [0.717, 1.165) is 12.5 Å². The second-order valence-corrected chi connectivity index (χ2v) is 6.52. The summed E-state index contributed by atoms with van der Waals surface area (Å²) in [6, 6.07) is 0. The third-order valence-corrected chi connectivity index (χ3v) is 5.95. The average molecular weight is 238 g/mol. The van der Waals surface area contributed by atoms with Gasteiger partial charge in [0.2, 0.25) is 0 Å². The molecule has 2 heteroatoms. The summed E-state index contributed by atoms with van der Waals surface area (Å²) in [5.74, 6) is 0.785. The van der Waals surface area contributed by atoms with Gasteiger partial charge in [-0.05, 0) is 37.0 Å². The molecule has 2 nitrogen and oxygen atoms in total. The maximum Gasteiger partial charge on any atom is 0.0357 e. The largest absolute Gasteiger partial charge is 0.329 e. The molecule has 2 rings (SSSR count). The molecule has 1 heterocycles. The molecular formula is C15H30N2. The minimum atomic E-state index is 0.339. The fourth-order valence-electron chi connectivity index (χ4n) is 4.07. The topological polar surface area (TPSA) is 29.3 Å². The van der Waals surface area contributed by atoms with Gasteiger partial charge in [0.1, 0.15) is 0 Å². The van der Waals surface area contributed by atoms with Crippen LogP contribution < -0.4 is 5.73 Å². The minimum absolute atomic E-state index is 0.339. The first-order valence-corrected chi connectivity index (χ1v) is 7.57. The highest BCUT2D eigenvalue weighted by Gasteiger charge is 2.51. The zero-order chi connectivity index (χ0) is 12.5. The fourth-order valence-corrected chi connectivity index (χ4v) is 4.07. The van der Waals surface area contributed by atoms with Crippen molar-refractivity contribution in [2.45, 2.75) is 64.8 Å². The van der Waals surface area contributed by atoms with E-state index >= 15 is 0 Å². The van der Waals surface area contributed by atoms with Crippen molar-refractivity contribution < 1.29 is 0 Å². The van der Waals surface area contributed by atoms with E-state index in [4.69, 9.17) is 5.73 Å². The maximum absolute atomic E-state index is 6.17. The molecule has 0 aromatic carbocycles. The molecule has 0 amide bonds. The first-order chi connectivity index (χ1) is 8.12. The van der Waals surface area contributed by atoms with Gasteiger partial charge in [0.05, 0.1) is 0 Å². The summed E-state index contributed by atoms with van der Waals surface area (Å²) in [5, 5.41) is 0. The van der Waals surface area contributed by atoms with E-state index in [1.807, 2.05) is 0 Å². The van der Waals surface area contributed by atoms with Crippen molar-refractivity contribution in [2.24, 2.45) is 17.1 Å². The first kappa shape index (κ1) is 13.4. The molecule has 1 saturated heterocycles. The lowest BCUT2D eigenvalue weighted by Gasteiger charge is -2.61. The molecule has 0 bridgehead atoms. The summed E-state index contributed by atoms with van der Waals surface area (Å²) in [4.78, 5) is 2.73. The van der Waals surface area contributed by atoms with Crippen molar-refractivity contribution in [2.75, 3.05) is 19.6 Å². The van der Waals surface area contributed by atoms with Gasteiger partial charge in [-0.3, -0.25) is 4.90 Å². The Morgan fingerprint density at radius 2 is 1.82 bits per heavy atom. The summed E-state index contributed by atoms with van der Waals surface area (Å²) in [5.41, 5.74) is 7.12. The number of nitrogens with zero attached hydrogens (tertiary/aromatic N) is 1. The van der Waals surface area contributed by atoms with Crippen molar-refractivity contribution in [3.8, 4) is 0 Å². The van der Waals surface area contributed by atoms with Crippen LogP contribution in [0.3, 0.4) is 0 Å². The standard InChI is InChI=1S/C15H30N2/c1-4-14(5-2)11-17(12-14)15(10-16)9-7-6-8-13(15)3/h13H,4-12,16H2,1-3H3. The number of nitrogens with two attached hydrogens (primary N) is 1. The summed E-state index contributed by atoms with van der Waals surface area (Å²) >= 11 is 0. The van der Waals surface area contributed by atoms with Crippen LogP contribution in [-0.2, 0) is 0 Å². The lowest BCUT2D eigenvalue weighted by Crippen LogP contribution is -2.70. The van der Waals surface area contributed by atoms with Crippen LogP contribution in [0, 0.1) is 11.3 Å². The quantitative estimate of drug-likeness (QED) is 0.816. The second-order valence-electron chi connectivity index (χ2n) is 6.52. The van der Waals surface area contributed by atoms with E-state index < -0.39 is 0 Å². The highest BCUT2D eigenvalue weighted by atomic mass is 15.3. The molecular weight excluding hydrogens is 208 g/mol. The smallest absolute Gasteiger partial charge is 0.0357 e. The fraction of sp³-hybridized carbons (Fsp3) is 1.00. The van der Waals surface area contributed by atoms with Crippen LogP contribution in [0.25, 0.3) is 0 Å². The van der Waals surface area contributed by atoms with E-state index in [0.29, 0.717) is 11.0 Å². The highest BCUT2D eigenvalue weighted by molar-refractivity contribution is 5.06. The maximum atomic E-state index is 6.17. The van der Waals surface area contributed by atoms with Gasteiger partial charge in [0, 0.05) is 25.2 Å². The van der Waals surface area contributed by atoms with Crippen LogP contribution in [0.1, 0.15) is 59.3 Å². The Balaban J connectivity index is 2.06. The Labute approximate surface area is 107 Å². The lowest BCUT2D eigenvalue weighted by atomic mass is 9.66. The van der Waals surface area contributed by atoms with Crippen molar-refractivity contribution in [3.05, 3.63) is 0 Å². The number of likely N-dealkylation sites (tertiary alicyclic amines) is 1. The van der Waals surface area contributed by atoms with Crippen molar-refractivity contribution in [1.82, 2.24) is 4.90 Å². The van der Waals surface area contributed by atoms with E-state index in [1.54, 1.807) is 0 Å². The first-order valence-electron chi connectivity index (χ1n) is 7.57. The van der Waals surface area contributed by atoms with Crippen LogP contribution >= 0.6 is 0 Å². The van der Waals surface area contributed by atoms with Crippen LogP contribution in [0.4, 0.5) is 0 Å². The van der Waals surface area contributed by atoms with Crippen molar-refractivity contribution in [1.29, 1.82) is 0 Å². The molecule has 2 unspecified atom stereocenters.